The molecule has 32 heavy (non-hydrogen) atoms. The highest BCUT2D eigenvalue weighted by Crippen LogP contribution is 2.18. The number of carbonyl (C=O) groups is 1. The van der Waals surface area contributed by atoms with Crippen LogP contribution in [0.5, 0.6) is 0 Å². The summed E-state index contributed by atoms with van der Waals surface area (Å²) in [6, 6.07) is 28.8. The third-order valence-corrected chi connectivity index (χ3v) is 5.31. The molecule has 0 spiro atoms. The van der Waals surface area contributed by atoms with Gasteiger partial charge in [-0.05, 0) is 32.6 Å². The van der Waals surface area contributed by atoms with Crippen molar-refractivity contribution in [2.24, 2.45) is 0 Å². The molecule has 3 aromatic rings. The largest absolute Gasteiger partial charge is 0.388 e. The maximum absolute atomic E-state index is 12.4. The van der Waals surface area contributed by atoms with Crippen LogP contribution < -0.4 is 0 Å². The van der Waals surface area contributed by atoms with Gasteiger partial charge >= 0.3 is 0 Å². The first-order valence-corrected chi connectivity index (χ1v) is 11.2. The van der Waals surface area contributed by atoms with E-state index < -0.39 is 23.0 Å². The molecular weight excluding hydrogens is 472 g/mol. The molecule has 0 saturated heterocycles. The van der Waals surface area contributed by atoms with Crippen LogP contribution in [0.3, 0.4) is 0 Å². The summed E-state index contributed by atoms with van der Waals surface area (Å²) in [7, 11) is 0. The second-order valence-corrected chi connectivity index (χ2v) is 8.13. The van der Waals surface area contributed by atoms with Crippen LogP contribution in [-0.4, -0.2) is 34.7 Å². The minimum Gasteiger partial charge on any atom is -0.388 e. The summed E-state index contributed by atoms with van der Waals surface area (Å²) in [5, 5.41) is 10.9. The Bertz CT molecular complexity index is 921. The van der Waals surface area contributed by atoms with E-state index >= 15 is 0 Å². The van der Waals surface area contributed by atoms with Gasteiger partial charge in [0.15, 0.2) is 6.10 Å². The molecule has 0 aliphatic rings. The lowest BCUT2D eigenvalue weighted by Crippen LogP contribution is -2.46. The van der Waals surface area contributed by atoms with Gasteiger partial charge < -0.3 is 19.3 Å². The first-order valence-electron chi connectivity index (χ1n) is 10.4. The highest BCUT2D eigenvalue weighted by Gasteiger charge is 2.34. The van der Waals surface area contributed by atoms with E-state index in [9.17, 15) is 9.90 Å². The van der Waals surface area contributed by atoms with Crippen LogP contribution in [0.25, 0.3) is 0 Å². The molecule has 0 amide bonds. The molecule has 0 unspecified atom stereocenters. The Balaban J connectivity index is 1.66. The van der Waals surface area contributed by atoms with Gasteiger partial charge in [-0.3, -0.25) is 4.79 Å². The molecule has 0 fully saturated rings. The van der Waals surface area contributed by atoms with Crippen molar-refractivity contribution in [3.63, 3.8) is 0 Å². The molecule has 0 aliphatic carbocycles. The Morgan fingerprint density at radius 2 is 1.16 bits per heavy atom. The van der Waals surface area contributed by atoms with E-state index in [0.29, 0.717) is 6.61 Å². The van der Waals surface area contributed by atoms with E-state index in [1.165, 1.54) is 0 Å². The molecule has 0 aromatic heterocycles. The number of aliphatic hydroxyl groups is 1. The lowest BCUT2D eigenvalue weighted by atomic mass is 10.1. The first-order chi connectivity index (χ1) is 15.6. The van der Waals surface area contributed by atoms with Gasteiger partial charge in [0.25, 0.3) is 0 Å². The molecule has 0 heterocycles. The minimum absolute atomic E-state index is 0.000171. The average Bonchev–Trinajstić information content (AvgIpc) is 2.83. The van der Waals surface area contributed by atoms with E-state index in [2.05, 4.69) is 15.9 Å². The molecule has 3 atom stereocenters. The maximum atomic E-state index is 12.4. The molecule has 3 rings (SSSR count). The van der Waals surface area contributed by atoms with Crippen LogP contribution in [0.15, 0.2) is 91.0 Å². The summed E-state index contributed by atoms with van der Waals surface area (Å²) in [5.74, 6) is 0. The Morgan fingerprint density at radius 3 is 1.62 bits per heavy atom. The van der Waals surface area contributed by atoms with E-state index in [1.807, 2.05) is 91.0 Å². The predicted molar refractivity (Wildman–Crippen MR) is 126 cm³/mol. The summed E-state index contributed by atoms with van der Waals surface area (Å²) in [6.07, 6.45) is -2.99. The highest BCUT2D eigenvalue weighted by atomic mass is 79.9. The maximum Gasteiger partial charge on any atom is 0.229 e. The summed E-state index contributed by atoms with van der Waals surface area (Å²) < 4.78 is 17.2. The lowest BCUT2D eigenvalue weighted by Gasteiger charge is -2.29. The number of halogens is 1. The van der Waals surface area contributed by atoms with Crippen molar-refractivity contribution < 1.29 is 24.1 Å². The average molecular weight is 499 g/mol. The molecule has 5 nitrogen and oxygen atoms in total. The molecule has 0 aliphatic heterocycles. The van der Waals surface area contributed by atoms with Crippen LogP contribution in [0.4, 0.5) is 0 Å². The third-order valence-electron chi connectivity index (χ3n) is 4.86. The molecule has 6 heteroatoms. The van der Waals surface area contributed by atoms with E-state index in [-0.39, 0.29) is 19.8 Å². The molecular formula is C26H27BrO5. The second kappa shape index (κ2) is 13.3. The molecule has 3 aromatic carbocycles. The SMILES string of the molecule is O=C(Br)[C@H](OCc1ccccc1)[C@H](OCc1ccccc1)[C@H](O)COCc1ccccc1. The minimum atomic E-state index is -1.07. The van der Waals surface area contributed by atoms with E-state index in [4.69, 9.17) is 14.2 Å². The molecule has 1 N–H and O–H groups in total. The zero-order valence-corrected chi connectivity index (χ0v) is 19.3. The summed E-state index contributed by atoms with van der Waals surface area (Å²) >= 11 is 3.02. The number of hydrogen-bond acceptors (Lipinski definition) is 5. The number of rotatable bonds is 13. The summed E-state index contributed by atoms with van der Waals surface area (Å²) in [6.45, 7) is 0.791. The van der Waals surface area contributed by atoms with E-state index in [1.54, 1.807) is 0 Å². The van der Waals surface area contributed by atoms with Gasteiger partial charge in [-0.15, -0.1) is 0 Å². The van der Waals surface area contributed by atoms with E-state index in [0.717, 1.165) is 16.7 Å². The molecule has 0 saturated carbocycles. The van der Waals surface area contributed by atoms with Crippen molar-refractivity contribution in [1.82, 2.24) is 0 Å². The lowest BCUT2D eigenvalue weighted by molar-refractivity contribution is -0.158. The van der Waals surface area contributed by atoms with Crippen LogP contribution >= 0.6 is 15.9 Å². The van der Waals surface area contributed by atoms with Gasteiger partial charge in [-0.1, -0.05) is 91.0 Å². The van der Waals surface area contributed by atoms with Gasteiger partial charge in [-0.25, -0.2) is 0 Å². The Morgan fingerprint density at radius 1 is 0.719 bits per heavy atom. The van der Waals surface area contributed by atoms with Crippen molar-refractivity contribution >= 4 is 20.6 Å². The zero-order valence-electron chi connectivity index (χ0n) is 17.7. The first kappa shape index (κ1) is 24.3. The number of aliphatic hydroxyl groups excluding tert-OH is 1. The van der Waals surface area contributed by atoms with Crippen molar-refractivity contribution in [3.8, 4) is 0 Å². The number of benzene rings is 3. The smallest absolute Gasteiger partial charge is 0.229 e. The van der Waals surface area contributed by atoms with Crippen molar-refractivity contribution in [3.05, 3.63) is 108 Å². The molecule has 168 valence electrons. The Kier molecular flexibility index (Phi) is 10.1. The zero-order chi connectivity index (χ0) is 22.6. The van der Waals surface area contributed by atoms with Gasteiger partial charge in [0.05, 0.1) is 26.4 Å². The van der Waals surface area contributed by atoms with Gasteiger partial charge in [0, 0.05) is 0 Å². The number of carbonyl (C=O) groups excluding carboxylic acids is 1. The quantitative estimate of drug-likeness (QED) is 0.347. The van der Waals surface area contributed by atoms with Crippen LogP contribution in [-0.2, 0) is 38.8 Å². The normalized spacial score (nSPS) is 13.9. The fraction of sp³-hybridized carbons (Fsp3) is 0.269. The topological polar surface area (TPSA) is 65.0 Å². The fourth-order valence-corrected chi connectivity index (χ4v) is 3.58. The molecule has 0 radical (unpaired) electrons. The van der Waals surface area contributed by atoms with Gasteiger partial charge in [0.2, 0.25) is 4.69 Å². The van der Waals surface area contributed by atoms with Crippen LogP contribution in [0, 0.1) is 0 Å². The summed E-state index contributed by atoms with van der Waals surface area (Å²) in [4.78, 5) is 12.4. The number of ether oxygens (including phenoxy) is 3. The monoisotopic (exact) mass is 498 g/mol. The van der Waals surface area contributed by atoms with Gasteiger partial charge in [-0.2, -0.15) is 0 Å². The summed E-state index contributed by atoms with van der Waals surface area (Å²) in [5.41, 5.74) is 2.84. The standard InChI is InChI=1S/C26H27BrO5/c27-26(29)25(32-18-22-14-8-3-9-15-22)24(31-17-21-12-6-2-7-13-21)23(28)19-30-16-20-10-4-1-5-11-20/h1-15,23-25,28H,16-19H2/t23-,24-,25-/m1/s1. The van der Waals surface area contributed by atoms with Crippen molar-refractivity contribution in [2.75, 3.05) is 6.61 Å². The van der Waals surface area contributed by atoms with Crippen molar-refractivity contribution in [2.45, 2.75) is 38.1 Å². The second-order valence-electron chi connectivity index (χ2n) is 7.35. The third kappa shape index (κ3) is 7.97. The molecule has 0 bridgehead atoms. The highest BCUT2D eigenvalue weighted by molar-refractivity contribution is 9.18. The Labute approximate surface area is 197 Å². The van der Waals surface area contributed by atoms with Gasteiger partial charge in [0.1, 0.15) is 12.2 Å². The number of hydrogen-bond donors (Lipinski definition) is 1. The Hall–Kier alpha value is -2.35. The van der Waals surface area contributed by atoms with Crippen molar-refractivity contribution in [1.29, 1.82) is 0 Å². The predicted octanol–water partition coefficient (Wildman–Crippen LogP) is 4.66. The van der Waals surface area contributed by atoms with Crippen LogP contribution in [0.1, 0.15) is 16.7 Å². The fourth-order valence-electron chi connectivity index (χ4n) is 3.18. The van der Waals surface area contributed by atoms with Crippen LogP contribution in [0.2, 0.25) is 0 Å².